The predicted molar refractivity (Wildman–Crippen MR) is 131 cm³/mol. The van der Waals surface area contributed by atoms with Gasteiger partial charge in [-0.2, -0.15) is 5.10 Å². The van der Waals surface area contributed by atoms with Crippen molar-refractivity contribution in [1.82, 2.24) is 19.5 Å². The number of ether oxygens (including phenoxy) is 2. The van der Waals surface area contributed by atoms with Gasteiger partial charge in [0.05, 0.1) is 30.6 Å². The number of piperidine rings is 1. The number of hydrogen-bond donors (Lipinski definition) is 0. The third kappa shape index (κ3) is 4.87. The van der Waals surface area contributed by atoms with E-state index in [4.69, 9.17) is 14.5 Å². The molecular weight excluding hydrogens is 430 g/mol. The van der Waals surface area contributed by atoms with Crippen molar-refractivity contribution in [2.24, 2.45) is 0 Å². The fraction of sp³-hybridized carbons (Fsp3) is 0.500. The quantitative estimate of drug-likeness (QED) is 0.575. The van der Waals surface area contributed by atoms with Crippen molar-refractivity contribution in [2.45, 2.75) is 45.1 Å². The molecule has 0 N–H and O–H groups in total. The highest BCUT2D eigenvalue weighted by atomic mass is 16.6. The van der Waals surface area contributed by atoms with Crippen molar-refractivity contribution in [3.63, 3.8) is 0 Å². The first kappa shape index (κ1) is 22.7. The zero-order valence-electron chi connectivity index (χ0n) is 20.2. The highest BCUT2D eigenvalue weighted by molar-refractivity contribution is 5.80. The number of carbonyl (C=O) groups is 1. The van der Waals surface area contributed by atoms with Crippen LogP contribution in [-0.2, 0) is 9.47 Å². The van der Waals surface area contributed by atoms with Gasteiger partial charge < -0.3 is 19.3 Å². The molecule has 3 aromatic heterocycles. The zero-order chi connectivity index (χ0) is 23.7. The fourth-order valence-corrected chi connectivity index (χ4v) is 4.72. The Balaban J connectivity index is 1.39. The second-order valence-electron chi connectivity index (χ2n) is 10.1. The Bertz CT molecular complexity index is 1160. The molecule has 1 unspecified atom stereocenters. The lowest BCUT2D eigenvalue weighted by Crippen LogP contribution is -2.42. The molecule has 0 saturated carbocycles. The number of pyridine rings is 2. The summed E-state index contributed by atoms with van der Waals surface area (Å²) >= 11 is 0. The van der Waals surface area contributed by atoms with Crippen molar-refractivity contribution >= 4 is 17.3 Å². The monoisotopic (exact) mass is 463 g/mol. The lowest BCUT2D eigenvalue weighted by atomic mass is 9.94. The molecule has 0 aromatic carbocycles. The van der Waals surface area contributed by atoms with Gasteiger partial charge in [-0.05, 0) is 57.9 Å². The van der Waals surface area contributed by atoms with Crippen LogP contribution in [0, 0.1) is 0 Å². The molecule has 5 rings (SSSR count). The Morgan fingerprint density at radius 2 is 1.97 bits per heavy atom. The SMILES string of the molecule is CC(C)(C)OC(=O)N1CCCC(c2cccc(-c3cnn4ccc(N5CCOCC5)cc34)n2)C1. The number of hydrogen-bond acceptors (Lipinski definition) is 6. The van der Waals surface area contributed by atoms with Crippen molar-refractivity contribution in [3.05, 3.63) is 48.4 Å². The maximum absolute atomic E-state index is 12.6. The number of fused-ring (bicyclic) bond motifs is 1. The van der Waals surface area contributed by atoms with E-state index in [-0.39, 0.29) is 12.0 Å². The Kier molecular flexibility index (Phi) is 6.16. The summed E-state index contributed by atoms with van der Waals surface area (Å²) in [6.07, 6.45) is 5.60. The van der Waals surface area contributed by atoms with E-state index < -0.39 is 5.60 Å². The molecule has 3 aromatic rings. The number of morpholine rings is 1. The van der Waals surface area contributed by atoms with Gasteiger partial charge >= 0.3 is 6.09 Å². The number of aromatic nitrogens is 3. The first-order valence-corrected chi connectivity index (χ1v) is 12.1. The van der Waals surface area contributed by atoms with Crippen LogP contribution in [0.4, 0.5) is 10.5 Å². The summed E-state index contributed by atoms with van der Waals surface area (Å²) in [5.74, 6) is 0.187. The van der Waals surface area contributed by atoms with Crippen LogP contribution in [0.15, 0.2) is 42.7 Å². The molecule has 34 heavy (non-hydrogen) atoms. The van der Waals surface area contributed by atoms with E-state index in [1.54, 1.807) is 0 Å². The number of likely N-dealkylation sites (tertiary alicyclic amines) is 1. The van der Waals surface area contributed by atoms with Crippen LogP contribution in [0.2, 0.25) is 0 Å². The molecule has 5 heterocycles. The van der Waals surface area contributed by atoms with Crippen LogP contribution in [-0.4, -0.2) is 70.6 Å². The first-order chi connectivity index (χ1) is 16.4. The average Bonchev–Trinajstić information content (AvgIpc) is 3.27. The van der Waals surface area contributed by atoms with Gasteiger partial charge in [0.25, 0.3) is 0 Å². The smallest absolute Gasteiger partial charge is 0.410 e. The normalized spacial score (nSPS) is 19.4. The Morgan fingerprint density at radius 1 is 1.15 bits per heavy atom. The summed E-state index contributed by atoms with van der Waals surface area (Å²) in [6.45, 7) is 10.3. The molecular formula is C26H33N5O3. The number of carbonyl (C=O) groups excluding carboxylic acids is 1. The van der Waals surface area contributed by atoms with Gasteiger partial charge in [-0.25, -0.2) is 9.31 Å². The Morgan fingerprint density at radius 3 is 2.76 bits per heavy atom. The Hall–Kier alpha value is -3.13. The van der Waals surface area contributed by atoms with Crippen LogP contribution in [0.1, 0.15) is 45.2 Å². The van der Waals surface area contributed by atoms with Gasteiger partial charge in [0.1, 0.15) is 5.60 Å². The van der Waals surface area contributed by atoms with E-state index in [9.17, 15) is 4.79 Å². The van der Waals surface area contributed by atoms with Crippen LogP contribution in [0.25, 0.3) is 16.8 Å². The summed E-state index contributed by atoms with van der Waals surface area (Å²) < 4.78 is 13.0. The fourth-order valence-electron chi connectivity index (χ4n) is 4.72. The third-order valence-electron chi connectivity index (χ3n) is 6.42. The molecule has 0 aliphatic carbocycles. The van der Waals surface area contributed by atoms with E-state index in [1.807, 2.05) is 48.6 Å². The van der Waals surface area contributed by atoms with Crippen LogP contribution < -0.4 is 4.90 Å². The topological polar surface area (TPSA) is 72.2 Å². The Labute approximate surface area is 200 Å². The van der Waals surface area contributed by atoms with Crippen molar-refractivity contribution in [3.8, 4) is 11.3 Å². The highest BCUT2D eigenvalue weighted by Gasteiger charge is 2.29. The van der Waals surface area contributed by atoms with E-state index >= 15 is 0 Å². The van der Waals surface area contributed by atoms with E-state index in [0.717, 1.165) is 68.2 Å². The largest absolute Gasteiger partial charge is 0.444 e. The molecule has 2 aliphatic heterocycles. The number of rotatable bonds is 3. The standard InChI is InChI=1S/C26H33N5O3/c1-26(2,3)34-25(32)30-10-5-6-19(18-30)22-7-4-8-23(28-22)21-17-27-31-11-9-20(16-24(21)31)29-12-14-33-15-13-29/h4,7-9,11,16-17,19H,5-6,10,12-15,18H2,1-3H3. The first-order valence-electron chi connectivity index (χ1n) is 12.1. The van der Waals surface area contributed by atoms with Gasteiger partial charge in [-0.3, -0.25) is 4.98 Å². The molecule has 8 heteroatoms. The summed E-state index contributed by atoms with van der Waals surface area (Å²) in [5, 5.41) is 4.56. The number of amides is 1. The second-order valence-corrected chi connectivity index (χ2v) is 10.1. The van der Waals surface area contributed by atoms with Crippen LogP contribution in [0.3, 0.4) is 0 Å². The van der Waals surface area contributed by atoms with Crippen LogP contribution in [0.5, 0.6) is 0 Å². The maximum atomic E-state index is 12.6. The van der Waals surface area contributed by atoms with Gasteiger partial charge in [-0.1, -0.05) is 6.07 Å². The van der Waals surface area contributed by atoms with Crippen molar-refractivity contribution < 1.29 is 14.3 Å². The number of nitrogens with zero attached hydrogens (tertiary/aromatic N) is 5. The van der Waals surface area contributed by atoms with Gasteiger partial charge in [0, 0.05) is 55.2 Å². The van der Waals surface area contributed by atoms with Crippen LogP contribution >= 0.6 is 0 Å². The molecule has 0 radical (unpaired) electrons. The molecule has 2 aliphatic rings. The molecule has 0 spiro atoms. The minimum Gasteiger partial charge on any atom is -0.444 e. The molecule has 8 nitrogen and oxygen atoms in total. The third-order valence-corrected chi connectivity index (χ3v) is 6.42. The molecule has 180 valence electrons. The van der Waals surface area contributed by atoms with E-state index in [1.165, 1.54) is 5.69 Å². The van der Waals surface area contributed by atoms with E-state index in [2.05, 4.69) is 34.3 Å². The second kappa shape index (κ2) is 9.25. The summed E-state index contributed by atoms with van der Waals surface area (Å²) in [5.41, 5.74) is 4.64. The lowest BCUT2D eigenvalue weighted by Gasteiger charge is -2.34. The predicted octanol–water partition coefficient (Wildman–Crippen LogP) is 4.35. The van der Waals surface area contributed by atoms with E-state index in [0.29, 0.717) is 6.54 Å². The maximum Gasteiger partial charge on any atom is 0.410 e. The molecule has 0 bridgehead atoms. The minimum absolute atomic E-state index is 0.187. The average molecular weight is 464 g/mol. The summed E-state index contributed by atoms with van der Waals surface area (Å²) in [6, 6.07) is 10.5. The summed E-state index contributed by atoms with van der Waals surface area (Å²) in [7, 11) is 0. The molecule has 2 fully saturated rings. The molecule has 1 atom stereocenters. The van der Waals surface area contributed by atoms with Crippen molar-refractivity contribution in [2.75, 3.05) is 44.3 Å². The van der Waals surface area contributed by atoms with Crippen molar-refractivity contribution in [1.29, 1.82) is 0 Å². The lowest BCUT2D eigenvalue weighted by molar-refractivity contribution is 0.0197. The molecule has 2 saturated heterocycles. The van der Waals surface area contributed by atoms with Gasteiger partial charge in [0.2, 0.25) is 0 Å². The van der Waals surface area contributed by atoms with Gasteiger partial charge in [0.15, 0.2) is 0 Å². The molecule has 1 amide bonds. The summed E-state index contributed by atoms with van der Waals surface area (Å²) in [4.78, 5) is 21.8. The number of anilines is 1. The zero-order valence-corrected chi connectivity index (χ0v) is 20.2. The van der Waals surface area contributed by atoms with Gasteiger partial charge in [-0.15, -0.1) is 0 Å². The highest BCUT2D eigenvalue weighted by Crippen LogP contribution is 2.31. The minimum atomic E-state index is -0.494.